The molecule has 1 fully saturated rings. The highest BCUT2D eigenvalue weighted by atomic mass is 16.4. The van der Waals surface area contributed by atoms with Crippen molar-refractivity contribution >= 4 is 12.0 Å². The molecule has 3 N–H and O–H groups in total. The summed E-state index contributed by atoms with van der Waals surface area (Å²) in [6, 6.07) is -0.173. The van der Waals surface area contributed by atoms with E-state index < -0.39 is 11.5 Å². The Morgan fingerprint density at radius 1 is 1.42 bits per heavy atom. The van der Waals surface area contributed by atoms with E-state index in [9.17, 15) is 9.59 Å². The maximum atomic E-state index is 12.1. The number of amides is 2. The third-order valence-corrected chi connectivity index (χ3v) is 3.47. The number of hydrogen-bond acceptors (Lipinski definition) is 3. The lowest BCUT2D eigenvalue weighted by molar-refractivity contribution is -0.137. The fourth-order valence-electron chi connectivity index (χ4n) is 2.25. The number of hydrogen-bond donors (Lipinski definition) is 3. The largest absolute Gasteiger partial charge is 0.481 e. The maximum absolute atomic E-state index is 12.1. The predicted octanol–water partition coefficient (Wildman–Crippen LogP) is 1.04. The molecule has 0 saturated carbocycles. The summed E-state index contributed by atoms with van der Waals surface area (Å²) in [7, 11) is 0. The summed E-state index contributed by atoms with van der Waals surface area (Å²) in [6.07, 6.45) is 2.27. The van der Waals surface area contributed by atoms with Crippen molar-refractivity contribution in [3.63, 3.8) is 0 Å². The predicted molar refractivity (Wildman–Crippen MR) is 70.9 cm³/mol. The van der Waals surface area contributed by atoms with Gasteiger partial charge in [-0.1, -0.05) is 0 Å². The number of carbonyl (C=O) groups excluding carboxylic acids is 1. The number of carboxylic acid groups (broad SMARTS) is 1. The van der Waals surface area contributed by atoms with Crippen molar-refractivity contribution in [1.29, 1.82) is 0 Å². The van der Waals surface area contributed by atoms with Gasteiger partial charge in [0.1, 0.15) is 0 Å². The molecule has 1 rings (SSSR count). The van der Waals surface area contributed by atoms with Crippen molar-refractivity contribution < 1.29 is 19.8 Å². The van der Waals surface area contributed by atoms with E-state index in [1.54, 1.807) is 4.90 Å². The second-order valence-electron chi connectivity index (χ2n) is 5.84. The number of piperidine rings is 1. The summed E-state index contributed by atoms with van der Waals surface area (Å²) in [5.74, 6) is -0.706. The van der Waals surface area contributed by atoms with Crippen LogP contribution in [-0.4, -0.2) is 52.3 Å². The molecule has 0 spiro atoms. The van der Waals surface area contributed by atoms with Crippen LogP contribution in [0.4, 0.5) is 4.79 Å². The lowest BCUT2D eigenvalue weighted by Crippen LogP contribution is -2.52. The van der Waals surface area contributed by atoms with Gasteiger partial charge in [0.15, 0.2) is 0 Å². The van der Waals surface area contributed by atoms with Gasteiger partial charge in [0.2, 0.25) is 0 Å². The Balaban J connectivity index is 2.46. The number of carboxylic acids is 1. The van der Waals surface area contributed by atoms with Crippen molar-refractivity contribution in [2.24, 2.45) is 5.92 Å². The van der Waals surface area contributed by atoms with Crippen LogP contribution >= 0.6 is 0 Å². The normalized spacial score (nSPS) is 20.2. The van der Waals surface area contributed by atoms with Crippen molar-refractivity contribution in [1.82, 2.24) is 10.2 Å². The van der Waals surface area contributed by atoms with Crippen molar-refractivity contribution in [3.8, 4) is 0 Å². The van der Waals surface area contributed by atoms with E-state index in [4.69, 9.17) is 10.2 Å². The number of urea groups is 1. The van der Waals surface area contributed by atoms with E-state index >= 15 is 0 Å². The molecule has 0 radical (unpaired) electrons. The monoisotopic (exact) mass is 272 g/mol. The topological polar surface area (TPSA) is 89.9 Å². The lowest BCUT2D eigenvalue weighted by Gasteiger charge is -2.35. The van der Waals surface area contributed by atoms with Gasteiger partial charge in [-0.15, -0.1) is 0 Å². The Kier molecular flexibility index (Phi) is 5.60. The summed E-state index contributed by atoms with van der Waals surface area (Å²) in [5, 5.41) is 20.7. The van der Waals surface area contributed by atoms with E-state index in [1.165, 1.54) is 0 Å². The molecule has 6 nitrogen and oxygen atoms in total. The number of rotatable bonds is 5. The Morgan fingerprint density at radius 3 is 2.68 bits per heavy atom. The SMILES string of the molecule is CC(C)(CCC(=O)O)NC(=O)N1CCCC(CO)C1. The molecule has 1 unspecified atom stereocenters. The summed E-state index contributed by atoms with van der Waals surface area (Å²) in [6.45, 7) is 5.00. The highest BCUT2D eigenvalue weighted by Gasteiger charge is 2.27. The van der Waals surface area contributed by atoms with Gasteiger partial charge in [0.05, 0.1) is 0 Å². The zero-order valence-corrected chi connectivity index (χ0v) is 11.7. The van der Waals surface area contributed by atoms with Crippen LogP contribution in [0.25, 0.3) is 0 Å². The zero-order valence-electron chi connectivity index (χ0n) is 11.7. The third kappa shape index (κ3) is 5.46. The van der Waals surface area contributed by atoms with Gasteiger partial charge in [-0.05, 0) is 39.0 Å². The van der Waals surface area contributed by atoms with E-state index in [0.717, 1.165) is 12.8 Å². The number of likely N-dealkylation sites (tertiary alicyclic amines) is 1. The van der Waals surface area contributed by atoms with Crippen LogP contribution in [0.5, 0.6) is 0 Å². The van der Waals surface area contributed by atoms with Gasteiger partial charge in [0.25, 0.3) is 0 Å². The minimum absolute atomic E-state index is 0.0343. The van der Waals surface area contributed by atoms with Gasteiger partial charge in [-0.3, -0.25) is 4.79 Å². The third-order valence-electron chi connectivity index (χ3n) is 3.47. The maximum Gasteiger partial charge on any atom is 0.317 e. The molecule has 1 aliphatic heterocycles. The second-order valence-corrected chi connectivity index (χ2v) is 5.84. The van der Waals surface area contributed by atoms with Crippen molar-refractivity contribution in [3.05, 3.63) is 0 Å². The lowest BCUT2D eigenvalue weighted by atomic mass is 9.97. The minimum Gasteiger partial charge on any atom is -0.481 e. The molecule has 1 saturated heterocycles. The van der Waals surface area contributed by atoms with Gasteiger partial charge >= 0.3 is 12.0 Å². The Hall–Kier alpha value is -1.30. The summed E-state index contributed by atoms with van der Waals surface area (Å²) < 4.78 is 0. The Labute approximate surface area is 113 Å². The Morgan fingerprint density at radius 2 is 2.11 bits per heavy atom. The summed E-state index contributed by atoms with van der Waals surface area (Å²) >= 11 is 0. The standard InChI is InChI=1S/C13H24N2O4/c1-13(2,6-5-11(17)18)14-12(19)15-7-3-4-10(8-15)9-16/h10,16H,3-9H2,1-2H3,(H,14,19)(H,17,18). The number of aliphatic carboxylic acids is 1. The quantitative estimate of drug-likeness (QED) is 0.697. The molecule has 0 aliphatic carbocycles. The van der Waals surface area contributed by atoms with Crippen LogP contribution < -0.4 is 5.32 Å². The molecular formula is C13H24N2O4. The molecule has 2 amide bonds. The molecule has 1 atom stereocenters. The number of carbonyl (C=O) groups is 2. The van der Waals surface area contributed by atoms with Gasteiger partial charge in [-0.25, -0.2) is 4.79 Å². The minimum atomic E-state index is -0.861. The molecule has 6 heteroatoms. The first-order valence-electron chi connectivity index (χ1n) is 6.74. The van der Waals surface area contributed by atoms with E-state index in [0.29, 0.717) is 19.5 Å². The summed E-state index contributed by atoms with van der Waals surface area (Å²) in [4.78, 5) is 24.4. The first-order valence-corrected chi connectivity index (χ1v) is 6.74. The molecule has 0 aromatic heterocycles. The second kappa shape index (κ2) is 6.75. The van der Waals surface area contributed by atoms with Crippen LogP contribution in [0.2, 0.25) is 0 Å². The highest BCUT2D eigenvalue weighted by molar-refractivity contribution is 5.75. The molecule has 0 aromatic carbocycles. The van der Waals surface area contributed by atoms with E-state index in [1.807, 2.05) is 13.8 Å². The first-order chi connectivity index (χ1) is 8.84. The average Bonchev–Trinajstić information content (AvgIpc) is 2.36. The van der Waals surface area contributed by atoms with Crippen LogP contribution in [0.3, 0.4) is 0 Å². The van der Waals surface area contributed by atoms with E-state index in [2.05, 4.69) is 5.32 Å². The average molecular weight is 272 g/mol. The van der Waals surface area contributed by atoms with Crippen LogP contribution in [0, 0.1) is 5.92 Å². The number of aliphatic hydroxyl groups is 1. The molecule has 19 heavy (non-hydrogen) atoms. The van der Waals surface area contributed by atoms with Gasteiger partial charge in [0, 0.05) is 31.7 Å². The van der Waals surface area contributed by atoms with Crippen LogP contribution in [0.15, 0.2) is 0 Å². The smallest absolute Gasteiger partial charge is 0.317 e. The highest BCUT2D eigenvalue weighted by Crippen LogP contribution is 2.17. The first kappa shape index (κ1) is 15.8. The number of nitrogens with zero attached hydrogens (tertiary/aromatic N) is 1. The molecule has 0 bridgehead atoms. The van der Waals surface area contributed by atoms with E-state index in [-0.39, 0.29) is 25.0 Å². The number of aliphatic hydroxyl groups excluding tert-OH is 1. The number of nitrogens with one attached hydrogen (secondary N) is 1. The molecule has 0 aromatic rings. The van der Waals surface area contributed by atoms with Crippen molar-refractivity contribution in [2.45, 2.75) is 45.1 Å². The molecule has 1 heterocycles. The molecule has 1 aliphatic rings. The molecule has 110 valence electrons. The van der Waals surface area contributed by atoms with Crippen molar-refractivity contribution in [2.75, 3.05) is 19.7 Å². The van der Waals surface area contributed by atoms with Crippen LogP contribution in [-0.2, 0) is 4.79 Å². The Bertz CT molecular complexity index is 331. The molecular weight excluding hydrogens is 248 g/mol. The fourth-order valence-corrected chi connectivity index (χ4v) is 2.25. The van der Waals surface area contributed by atoms with Gasteiger partial charge in [-0.2, -0.15) is 0 Å². The van der Waals surface area contributed by atoms with Crippen LogP contribution in [0.1, 0.15) is 39.5 Å². The zero-order chi connectivity index (χ0) is 14.5. The fraction of sp³-hybridized carbons (Fsp3) is 0.846. The van der Waals surface area contributed by atoms with Gasteiger partial charge < -0.3 is 20.4 Å². The summed E-state index contributed by atoms with van der Waals surface area (Å²) in [5.41, 5.74) is -0.540.